The lowest BCUT2D eigenvalue weighted by Gasteiger charge is -2.10. The fraction of sp³-hybridized carbons (Fsp3) is 0.259. The number of amides is 1. The van der Waals surface area contributed by atoms with Crippen LogP contribution >= 0.6 is 0 Å². The molecule has 1 amide bonds. The highest BCUT2D eigenvalue weighted by molar-refractivity contribution is 5.94. The van der Waals surface area contributed by atoms with Crippen molar-refractivity contribution in [2.75, 3.05) is 7.05 Å². The number of hydroxylamine groups is 1. The van der Waals surface area contributed by atoms with E-state index in [1.807, 2.05) is 68.7 Å². The number of ketones is 1. The van der Waals surface area contributed by atoms with Crippen molar-refractivity contribution < 1.29 is 14.8 Å². The number of carbonyl (C=O) groups is 2. The SMILES string of the molecule is C=C(NO)C(C)C(=O)NC.C=c1ccc(-c2ccc(C(C)=O)cc2)c/c1=C/C=C\C.CC. The number of hydrogen-bond acceptors (Lipinski definition) is 4. The smallest absolute Gasteiger partial charge is 0.228 e. The monoisotopic (exact) mass is 436 g/mol. The third-order valence-electron chi connectivity index (χ3n) is 4.54. The number of rotatable bonds is 6. The van der Waals surface area contributed by atoms with Gasteiger partial charge in [-0.3, -0.25) is 20.3 Å². The van der Waals surface area contributed by atoms with Crippen molar-refractivity contribution in [2.45, 2.75) is 34.6 Å². The minimum Gasteiger partial charge on any atom is -0.359 e. The second-order valence-corrected chi connectivity index (χ2v) is 6.71. The zero-order valence-electron chi connectivity index (χ0n) is 20.0. The first-order valence-electron chi connectivity index (χ1n) is 10.6. The van der Waals surface area contributed by atoms with Crippen LogP contribution in [0.15, 0.2) is 66.9 Å². The maximum absolute atomic E-state index is 11.3. The first-order chi connectivity index (χ1) is 15.2. The van der Waals surface area contributed by atoms with E-state index < -0.39 is 5.92 Å². The molecule has 3 N–H and O–H groups in total. The summed E-state index contributed by atoms with van der Waals surface area (Å²) >= 11 is 0. The Morgan fingerprint density at radius 2 is 1.62 bits per heavy atom. The zero-order valence-corrected chi connectivity index (χ0v) is 20.0. The fourth-order valence-electron chi connectivity index (χ4n) is 2.50. The van der Waals surface area contributed by atoms with Crippen molar-refractivity contribution in [3.8, 4) is 11.1 Å². The molecule has 0 heterocycles. The van der Waals surface area contributed by atoms with Gasteiger partial charge in [0, 0.05) is 18.3 Å². The number of allylic oxidation sites excluding steroid dienone is 2. The first kappa shape index (κ1) is 28.6. The molecule has 2 rings (SSSR count). The minimum absolute atomic E-state index is 0.0896. The van der Waals surface area contributed by atoms with Crippen LogP contribution in [0, 0.1) is 5.92 Å². The van der Waals surface area contributed by atoms with Crippen molar-refractivity contribution in [1.29, 1.82) is 0 Å². The summed E-state index contributed by atoms with van der Waals surface area (Å²) in [5.74, 6) is -0.492. The second kappa shape index (κ2) is 15.4. The quantitative estimate of drug-likeness (QED) is 0.468. The molecule has 0 aliphatic carbocycles. The zero-order chi connectivity index (χ0) is 24.7. The number of benzene rings is 2. The molecule has 172 valence electrons. The summed E-state index contributed by atoms with van der Waals surface area (Å²) < 4.78 is 0. The van der Waals surface area contributed by atoms with Crippen LogP contribution in [0.4, 0.5) is 0 Å². The Labute approximate surface area is 191 Å². The van der Waals surface area contributed by atoms with Gasteiger partial charge in [-0.1, -0.05) is 81.6 Å². The van der Waals surface area contributed by atoms with Crippen molar-refractivity contribution in [2.24, 2.45) is 5.92 Å². The van der Waals surface area contributed by atoms with Gasteiger partial charge in [0.1, 0.15) is 0 Å². The van der Waals surface area contributed by atoms with Crippen LogP contribution in [-0.4, -0.2) is 23.9 Å². The van der Waals surface area contributed by atoms with E-state index in [0.717, 1.165) is 27.1 Å². The largest absolute Gasteiger partial charge is 0.359 e. The van der Waals surface area contributed by atoms with Gasteiger partial charge in [-0.2, -0.15) is 0 Å². The Balaban J connectivity index is 0.000000680. The van der Waals surface area contributed by atoms with Crippen LogP contribution in [0.25, 0.3) is 23.8 Å². The standard InChI is InChI=1S/C19H18O.C6H12N2O2.C2H6/c1-4-5-6-18-13-19(8-7-14(18)2)17-11-9-16(10-12-17)15(3)20;1-4(5(2)8-10)6(9)7-3;1-2/h4-13H,2H2,1,3H3;4,8,10H,2H2,1,3H3,(H,7,9);1-2H3/b5-4-,18-6-;;. The molecule has 2 aromatic carbocycles. The van der Waals surface area contributed by atoms with Crippen LogP contribution in [0.5, 0.6) is 0 Å². The van der Waals surface area contributed by atoms with Crippen molar-refractivity contribution in [3.05, 3.63) is 82.9 Å². The van der Waals surface area contributed by atoms with E-state index in [0.29, 0.717) is 5.70 Å². The lowest BCUT2D eigenvalue weighted by atomic mass is 10.0. The van der Waals surface area contributed by atoms with E-state index in [1.54, 1.807) is 13.8 Å². The van der Waals surface area contributed by atoms with Crippen LogP contribution in [0.1, 0.15) is 45.0 Å². The molecule has 0 radical (unpaired) electrons. The van der Waals surface area contributed by atoms with Gasteiger partial charge in [0.15, 0.2) is 5.78 Å². The van der Waals surface area contributed by atoms with Crippen molar-refractivity contribution >= 4 is 24.3 Å². The predicted octanol–water partition coefficient (Wildman–Crippen LogP) is 4.21. The molecule has 1 unspecified atom stereocenters. The number of hydrogen-bond donors (Lipinski definition) is 3. The molecule has 5 heteroatoms. The van der Waals surface area contributed by atoms with Crippen molar-refractivity contribution in [3.63, 3.8) is 0 Å². The van der Waals surface area contributed by atoms with E-state index in [-0.39, 0.29) is 11.7 Å². The molecule has 0 aliphatic rings. The summed E-state index contributed by atoms with van der Waals surface area (Å²) in [6, 6.07) is 13.9. The molecular formula is C27H36N2O3. The third-order valence-corrected chi connectivity index (χ3v) is 4.54. The van der Waals surface area contributed by atoms with E-state index in [4.69, 9.17) is 5.21 Å². The topological polar surface area (TPSA) is 78.4 Å². The molecule has 5 nitrogen and oxygen atoms in total. The molecule has 0 fully saturated rings. The van der Waals surface area contributed by atoms with Gasteiger partial charge in [-0.25, -0.2) is 0 Å². The van der Waals surface area contributed by atoms with Crippen LogP contribution in [0.2, 0.25) is 0 Å². The summed E-state index contributed by atoms with van der Waals surface area (Å²) in [6.45, 7) is 16.7. The highest BCUT2D eigenvalue weighted by atomic mass is 16.5. The Kier molecular flexibility index (Phi) is 13.7. The minimum atomic E-state index is -0.407. The molecule has 0 spiro atoms. The van der Waals surface area contributed by atoms with Gasteiger partial charge in [0.2, 0.25) is 5.91 Å². The van der Waals surface area contributed by atoms with Gasteiger partial charge in [0.25, 0.3) is 0 Å². The maximum Gasteiger partial charge on any atom is 0.228 e. The summed E-state index contributed by atoms with van der Waals surface area (Å²) in [5.41, 5.74) is 5.08. The molecule has 0 bridgehead atoms. The molecule has 0 aromatic heterocycles. The lowest BCUT2D eigenvalue weighted by Crippen LogP contribution is -2.29. The average Bonchev–Trinajstić information content (AvgIpc) is 2.83. The molecule has 0 saturated heterocycles. The molecule has 0 saturated carbocycles. The Morgan fingerprint density at radius 3 is 2.09 bits per heavy atom. The van der Waals surface area contributed by atoms with Crippen LogP contribution < -0.4 is 21.2 Å². The highest BCUT2D eigenvalue weighted by Crippen LogP contribution is 2.17. The second-order valence-electron chi connectivity index (χ2n) is 6.71. The van der Waals surface area contributed by atoms with Crippen molar-refractivity contribution in [1.82, 2.24) is 10.8 Å². The Bertz CT molecular complexity index is 1010. The molecule has 1 atom stereocenters. The molecule has 2 aromatic rings. The van der Waals surface area contributed by atoms with Crippen LogP contribution in [0.3, 0.4) is 0 Å². The maximum atomic E-state index is 11.3. The first-order valence-corrected chi connectivity index (χ1v) is 10.6. The van der Waals surface area contributed by atoms with E-state index in [9.17, 15) is 9.59 Å². The van der Waals surface area contributed by atoms with Gasteiger partial charge < -0.3 is 5.32 Å². The third kappa shape index (κ3) is 9.14. The van der Waals surface area contributed by atoms with Gasteiger partial charge >= 0.3 is 0 Å². The molecular weight excluding hydrogens is 400 g/mol. The number of nitrogens with one attached hydrogen (secondary N) is 2. The predicted molar refractivity (Wildman–Crippen MR) is 135 cm³/mol. The lowest BCUT2D eigenvalue weighted by molar-refractivity contribution is -0.123. The fourth-order valence-corrected chi connectivity index (χ4v) is 2.50. The summed E-state index contributed by atoms with van der Waals surface area (Å²) in [4.78, 5) is 22.1. The Hall–Kier alpha value is -3.44. The summed E-state index contributed by atoms with van der Waals surface area (Å²) in [6.07, 6.45) is 6.05. The number of Topliss-reactive ketones (excluding diaryl/α,β-unsaturated/α-hetero) is 1. The Morgan fingerprint density at radius 1 is 1.06 bits per heavy atom. The highest BCUT2D eigenvalue weighted by Gasteiger charge is 2.13. The molecule has 0 aliphatic heterocycles. The average molecular weight is 437 g/mol. The summed E-state index contributed by atoms with van der Waals surface area (Å²) in [7, 11) is 1.53. The summed E-state index contributed by atoms with van der Waals surface area (Å²) in [5, 5.41) is 12.9. The molecule has 32 heavy (non-hydrogen) atoms. The van der Waals surface area contributed by atoms with E-state index in [2.05, 4.69) is 36.7 Å². The van der Waals surface area contributed by atoms with Gasteiger partial charge in [-0.05, 0) is 48.4 Å². The van der Waals surface area contributed by atoms with E-state index in [1.165, 1.54) is 7.05 Å². The normalized spacial score (nSPS) is 11.4. The van der Waals surface area contributed by atoms with E-state index >= 15 is 0 Å². The van der Waals surface area contributed by atoms with Crippen LogP contribution in [-0.2, 0) is 4.79 Å². The van der Waals surface area contributed by atoms with Gasteiger partial charge in [-0.15, -0.1) is 0 Å². The number of carbonyl (C=O) groups excluding carboxylic acids is 2. The van der Waals surface area contributed by atoms with Gasteiger partial charge in [0.05, 0.1) is 5.92 Å².